The Morgan fingerprint density at radius 3 is 2.59 bits per heavy atom. The zero-order valence-electron chi connectivity index (χ0n) is 23.1. The van der Waals surface area contributed by atoms with E-state index >= 15 is 0 Å². The lowest BCUT2D eigenvalue weighted by atomic mass is 10.0. The first-order valence-corrected chi connectivity index (χ1v) is 14.8. The molecule has 0 saturated carbocycles. The molecule has 0 bridgehead atoms. The van der Waals surface area contributed by atoms with Gasteiger partial charge >= 0.3 is 6.03 Å². The maximum atomic E-state index is 14.3. The van der Waals surface area contributed by atoms with E-state index < -0.39 is 11.9 Å². The van der Waals surface area contributed by atoms with Gasteiger partial charge in [0.05, 0.1) is 17.3 Å². The highest BCUT2D eigenvalue weighted by atomic mass is 35.5. The Labute approximate surface area is 248 Å². The minimum absolute atomic E-state index is 0.100. The minimum atomic E-state index is -0.724. The Kier molecular flexibility index (Phi) is 8.09. The van der Waals surface area contributed by atoms with Gasteiger partial charge in [0.25, 0.3) is 0 Å². The summed E-state index contributed by atoms with van der Waals surface area (Å²) >= 11 is 12.7. The van der Waals surface area contributed by atoms with Gasteiger partial charge in [0, 0.05) is 60.3 Å². The molecule has 0 spiro atoms. The van der Waals surface area contributed by atoms with Gasteiger partial charge in [-0.15, -0.1) is 0 Å². The molecule has 12 heteroatoms. The van der Waals surface area contributed by atoms with Gasteiger partial charge in [-0.3, -0.25) is 10.00 Å². The number of halogens is 3. The number of rotatable bonds is 6. The fourth-order valence-corrected chi connectivity index (χ4v) is 6.96. The summed E-state index contributed by atoms with van der Waals surface area (Å²) in [7, 11) is 2.12. The molecule has 3 aromatic rings. The fraction of sp³-hybridized carbons (Fsp3) is 0.483. The third-order valence-electron chi connectivity index (χ3n) is 8.44. The maximum Gasteiger partial charge on any atom is 0.323 e. The molecule has 3 saturated heterocycles. The number of pyridine rings is 1. The molecule has 3 fully saturated rings. The van der Waals surface area contributed by atoms with Gasteiger partial charge in [-0.05, 0) is 69.9 Å². The van der Waals surface area contributed by atoms with E-state index in [0.717, 1.165) is 50.1 Å². The van der Waals surface area contributed by atoms with Crippen molar-refractivity contribution in [1.29, 1.82) is 0 Å². The zero-order chi connectivity index (χ0) is 28.7. The maximum absolute atomic E-state index is 14.3. The third-order valence-corrected chi connectivity index (χ3v) is 9.16. The minimum Gasteiger partial charge on any atom is -0.482 e. The number of fused-ring (bicyclic) bond motifs is 1. The molecule has 3 atom stereocenters. The number of urea groups is 1. The van der Waals surface area contributed by atoms with E-state index in [1.54, 1.807) is 13.1 Å². The van der Waals surface area contributed by atoms with Crippen LogP contribution < -0.4 is 15.4 Å². The molecule has 3 aliphatic heterocycles. The van der Waals surface area contributed by atoms with Crippen molar-refractivity contribution < 1.29 is 13.9 Å². The van der Waals surface area contributed by atoms with Crippen LogP contribution in [-0.2, 0) is 0 Å². The van der Waals surface area contributed by atoms with Gasteiger partial charge in [-0.25, -0.2) is 14.2 Å². The van der Waals surface area contributed by atoms with Crippen molar-refractivity contribution in [1.82, 2.24) is 29.9 Å². The van der Waals surface area contributed by atoms with Gasteiger partial charge in [-0.2, -0.15) is 5.10 Å². The molecule has 0 unspecified atom stereocenters. The Balaban J connectivity index is 1.27. The number of benzene rings is 1. The molecule has 2 amide bonds. The molecule has 9 nitrogen and oxygen atoms in total. The van der Waals surface area contributed by atoms with E-state index in [1.807, 2.05) is 28.0 Å². The first-order valence-electron chi connectivity index (χ1n) is 14.1. The number of nitrogens with one attached hydrogen (secondary N) is 2. The van der Waals surface area contributed by atoms with Crippen molar-refractivity contribution >= 4 is 35.1 Å². The third kappa shape index (κ3) is 5.88. The summed E-state index contributed by atoms with van der Waals surface area (Å²) in [6.45, 7) is 7.06. The zero-order valence-corrected chi connectivity index (χ0v) is 24.6. The summed E-state index contributed by atoms with van der Waals surface area (Å²) in [6, 6.07) is 4.60. The van der Waals surface area contributed by atoms with Gasteiger partial charge in [0.2, 0.25) is 0 Å². The topological polar surface area (TPSA) is 87.5 Å². The van der Waals surface area contributed by atoms with Gasteiger partial charge < -0.3 is 19.9 Å². The molecule has 41 heavy (non-hydrogen) atoms. The summed E-state index contributed by atoms with van der Waals surface area (Å²) < 4.78 is 22.6. The number of anilines is 1. The average molecular weight is 603 g/mol. The van der Waals surface area contributed by atoms with Crippen molar-refractivity contribution in [2.75, 3.05) is 51.6 Å². The molecule has 5 heterocycles. The molecule has 1 aromatic carbocycles. The summed E-state index contributed by atoms with van der Waals surface area (Å²) in [4.78, 5) is 22.1. The molecule has 3 aliphatic rings. The number of ether oxygens (including phenoxy) is 1. The summed E-state index contributed by atoms with van der Waals surface area (Å²) in [5, 5.41) is 11.1. The second-order valence-corrected chi connectivity index (χ2v) is 12.1. The predicted octanol–water partition coefficient (Wildman–Crippen LogP) is 5.48. The highest BCUT2D eigenvalue weighted by Crippen LogP contribution is 2.38. The number of hydrogen-bond acceptors (Lipinski definition) is 6. The Bertz CT molecular complexity index is 1420. The second-order valence-electron chi connectivity index (χ2n) is 11.4. The van der Waals surface area contributed by atoms with Crippen LogP contribution in [0.1, 0.15) is 37.5 Å². The van der Waals surface area contributed by atoms with Crippen LogP contribution in [-0.4, -0.2) is 76.9 Å². The van der Waals surface area contributed by atoms with Crippen LogP contribution in [0.3, 0.4) is 0 Å². The molecule has 2 aromatic heterocycles. The van der Waals surface area contributed by atoms with Crippen molar-refractivity contribution in [3.8, 4) is 16.9 Å². The van der Waals surface area contributed by atoms with Crippen LogP contribution in [0.4, 0.5) is 15.0 Å². The number of carbonyl (C=O) groups is 1. The molecule has 6 rings (SSSR count). The molecule has 0 radical (unpaired) electrons. The van der Waals surface area contributed by atoms with Crippen molar-refractivity contribution in [3.63, 3.8) is 0 Å². The highest BCUT2D eigenvalue weighted by molar-refractivity contribution is 6.36. The smallest absolute Gasteiger partial charge is 0.323 e. The van der Waals surface area contributed by atoms with Crippen LogP contribution in [0.25, 0.3) is 11.1 Å². The normalized spacial score (nSPS) is 22.1. The summed E-state index contributed by atoms with van der Waals surface area (Å²) in [6.07, 6.45) is 6.83. The van der Waals surface area contributed by atoms with Crippen molar-refractivity contribution in [2.24, 2.45) is 11.8 Å². The molecule has 218 valence electrons. The van der Waals surface area contributed by atoms with Crippen LogP contribution in [0, 0.1) is 17.7 Å². The number of likely N-dealkylation sites (tertiary alicyclic amines) is 2. The number of aromatic nitrogens is 3. The van der Waals surface area contributed by atoms with Crippen LogP contribution in [0.2, 0.25) is 10.0 Å². The van der Waals surface area contributed by atoms with Crippen molar-refractivity contribution in [3.05, 3.63) is 58.2 Å². The Hall–Kier alpha value is -2.92. The summed E-state index contributed by atoms with van der Waals surface area (Å²) in [5.74, 6) is 0.969. The lowest BCUT2D eigenvalue weighted by Gasteiger charge is -2.23. The standard InChI is InChI=1S/C29H34Cl2FN7O2/c1-17(26-23(30)3-4-24(32)27(26)31)41-25-9-18(19-11-35-39(16-19)22-5-7-33-8-6-22)10-34-28(25)36-29(40)38-14-20-12-37(2)13-21(20)15-38/h3-4,9-11,16-17,20-22,33H,5-8,12-15H2,1-2H3,(H,34,36,40)/t17-,20-,21+/m1/s1. The summed E-state index contributed by atoms with van der Waals surface area (Å²) in [5.41, 5.74) is 1.98. The predicted molar refractivity (Wildman–Crippen MR) is 157 cm³/mol. The molecule has 2 N–H and O–H groups in total. The molecular weight excluding hydrogens is 568 g/mol. The molecule has 0 aliphatic carbocycles. The van der Waals surface area contributed by atoms with Crippen LogP contribution in [0.15, 0.2) is 36.8 Å². The lowest BCUT2D eigenvalue weighted by Crippen LogP contribution is -2.35. The largest absolute Gasteiger partial charge is 0.482 e. The molecular formula is C29H34Cl2FN7O2. The van der Waals surface area contributed by atoms with Crippen molar-refractivity contribution in [2.45, 2.75) is 31.9 Å². The Morgan fingerprint density at radius 1 is 1.12 bits per heavy atom. The van der Waals surface area contributed by atoms with Crippen LogP contribution in [0.5, 0.6) is 5.75 Å². The van der Waals surface area contributed by atoms with Gasteiger partial charge in [0.1, 0.15) is 11.9 Å². The van der Waals surface area contributed by atoms with E-state index in [2.05, 4.69) is 32.7 Å². The number of piperidine rings is 1. The van der Waals surface area contributed by atoms with E-state index in [9.17, 15) is 9.18 Å². The lowest BCUT2D eigenvalue weighted by molar-refractivity contribution is 0.213. The number of nitrogens with zero attached hydrogens (tertiary/aromatic N) is 5. The average Bonchev–Trinajstić information content (AvgIpc) is 3.68. The highest BCUT2D eigenvalue weighted by Gasteiger charge is 2.40. The van der Waals surface area contributed by atoms with Crippen LogP contribution >= 0.6 is 23.2 Å². The Morgan fingerprint density at radius 2 is 1.85 bits per heavy atom. The van der Waals surface area contributed by atoms with E-state index in [-0.39, 0.29) is 21.9 Å². The number of amides is 2. The fourth-order valence-electron chi connectivity index (χ4n) is 6.28. The number of carbonyl (C=O) groups excluding carboxylic acids is 1. The quantitative estimate of drug-likeness (QED) is 0.364. The van der Waals surface area contributed by atoms with Gasteiger partial charge in [-0.1, -0.05) is 23.2 Å². The SMILES string of the molecule is C[C@@H](Oc1cc(-c2cnn(C3CCNCC3)c2)cnc1NC(=O)N1C[C@H]2CN(C)C[C@H]2C1)c1c(Cl)ccc(F)c1Cl. The first-order chi connectivity index (χ1) is 19.8. The number of hydrogen-bond donors (Lipinski definition) is 2. The van der Waals surface area contributed by atoms with Gasteiger partial charge in [0.15, 0.2) is 11.6 Å². The second kappa shape index (κ2) is 11.8. The van der Waals surface area contributed by atoms with E-state index in [1.165, 1.54) is 12.1 Å². The van der Waals surface area contributed by atoms with E-state index in [4.69, 9.17) is 27.9 Å². The first kappa shape index (κ1) is 28.2. The monoisotopic (exact) mass is 601 g/mol. The van der Waals surface area contributed by atoms with E-state index in [0.29, 0.717) is 42.3 Å².